The fraction of sp³-hybridized carbons (Fsp3) is 0.875. The fourth-order valence-corrected chi connectivity index (χ4v) is 7.90. The van der Waals surface area contributed by atoms with Crippen LogP contribution in [0.5, 0.6) is 11.5 Å². The first-order valence-electron chi connectivity index (χ1n) is 23.6. The van der Waals surface area contributed by atoms with E-state index in [1.54, 1.807) is 0 Å². The number of unbranched alkanes of at least 4 members (excludes halogenated alkanes) is 26. The molecule has 0 amide bonds. The van der Waals surface area contributed by atoms with Crippen molar-refractivity contribution in [2.75, 3.05) is 40.4 Å². The molecule has 1 heterocycles. The van der Waals surface area contributed by atoms with E-state index in [1.165, 1.54) is 180 Å². The topological polar surface area (TPSA) is 34.2 Å². The van der Waals surface area contributed by atoms with Crippen LogP contribution in [0.2, 0.25) is 0 Å². The zero-order valence-electron chi connectivity index (χ0n) is 36.0. The lowest BCUT2D eigenvalue weighted by Gasteiger charge is -2.31. The molecule has 2 atom stereocenters. The molecule has 0 spiro atoms. The zero-order chi connectivity index (χ0) is 37.9. The summed E-state index contributed by atoms with van der Waals surface area (Å²) in [6.45, 7) is 8.35. The average Bonchev–Trinajstić information content (AvgIpc) is 3.16. The van der Waals surface area contributed by atoms with Gasteiger partial charge in [-0.25, -0.2) is 0 Å². The predicted molar refractivity (Wildman–Crippen MR) is 230 cm³/mol. The molecule has 0 saturated heterocycles. The number of nitrogens with zero attached hydrogens (tertiary/aromatic N) is 2. The van der Waals surface area contributed by atoms with Crippen molar-refractivity contribution >= 4 is 0 Å². The molecule has 2 bridgehead atoms. The summed E-state index contributed by atoms with van der Waals surface area (Å²) in [5.41, 5.74) is 0. The standard InChI is InChI=1S/C48H90N2O3/c1-5-7-9-11-13-15-17-19-21-23-25-27-29-31-40-49(3)47-38-34-42-51-43-35-39-48(53-46-37-33-36-45(44-46)52-47)50(4)41-32-30-28-26-24-22-20-18-16-14-12-10-8-6-2/h33,36-37,44,47-48H,5-32,34-35,38-43H2,1-4H3. The number of fused-ring (bicyclic) bond motifs is 2. The van der Waals surface area contributed by atoms with Gasteiger partial charge in [0.05, 0.1) is 0 Å². The van der Waals surface area contributed by atoms with E-state index in [4.69, 9.17) is 14.2 Å². The molecule has 5 nitrogen and oxygen atoms in total. The molecule has 2 rings (SSSR count). The van der Waals surface area contributed by atoms with Gasteiger partial charge >= 0.3 is 0 Å². The SMILES string of the molecule is CCCCCCCCCCCCCCCCN(C)C1CCCOCCCC(N(C)CCCCCCCCCCCCCCCC)Oc2cccc(c2)O1. The van der Waals surface area contributed by atoms with Gasteiger partial charge in [0, 0.05) is 45.2 Å². The molecule has 0 aromatic heterocycles. The van der Waals surface area contributed by atoms with Crippen molar-refractivity contribution in [2.24, 2.45) is 0 Å². The largest absolute Gasteiger partial charge is 0.475 e. The molecule has 1 aromatic carbocycles. The van der Waals surface area contributed by atoms with Crippen LogP contribution in [0.4, 0.5) is 0 Å². The van der Waals surface area contributed by atoms with Crippen LogP contribution in [0, 0.1) is 0 Å². The third kappa shape index (κ3) is 27.0. The number of ether oxygens (including phenoxy) is 3. The Morgan fingerprint density at radius 3 is 1.08 bits per heavy atom. The maximum Gasteiger partial charge on any atom is 0.152 e. The van der Waals surface area contributed by atoms with Gasteiger partial charge in [-0.3, -0.25) is 9.80 Å². The Morgan fingerprint density at radius 1 is 0.453 bits per heavy atom. The number of benzene rings is 1. The van der Waals surface area contributed by atoms with Gasteiger partial charge < -0.3 is 14.2 Å². The lowest BCUT2D eigenvalue weighted by atomic mass is 10.0. The summed E-state index contributed by atoms with van der Waals surface area (Å²) in [4.78, 5) is 4.85. The minimum absolute atomic E-state index is 0.0533. The Hall–Kier alpha value is -1.30. The first kappa shape index (κ1) is 47.9. The van der Waals surface area contributed by atoms with E-state index in [0.717, 1.165) is 63.5 Å². The van der Waals surface area contributed by atoms with Crippen LogP contribution in [0.3, 0.4) is 0 Å². The first-order chi connectivity index (χ1) is 26.1. The maximum absolute atomic E-state index is 6.66. The summed E-state index contributed by atoms with van der Waals surface area (Å²) >= 11 is 0. The van der Waals surface area contributed by atoms with Crippen LogP contribution in [0.25, 0.3) is 0 Å². The smallest absolute Gasteiger partial charge is 0.152 e. The number of rotatable bonds is 32. The van der Waals surface area contributed by atoms with Gasteiger partial charge in [-0.15, -0.1) is 0 Å². The van der Waals surface area contributed by atoms with E-state index < -0.39 is 0 Å². The molecule has 310 valence electrons. The van der Waals surface area contributed by atoms with Crippen molar-refractivity contribution < 1.29 is 14.2 Å². The van der Waals surface area contributed by atoms with E-state index >= 15 is 0 Å². The van der Waals surface area contributed by atoms with E-state index in [9.17, 15) is 0 Å². The van der Waals surface area contributed by atoms with Gasteiger partial charge in [-0.1, -0.05) is 187 Å². The average molecular weight is 743 g/mol. The third-order valence-corrected chi connectivity index (χ3v) is 11.5. The Bertz CT molecular complexity index is 845. The molecule has 2 unspecified atom stereocenters. The molecule has 0 saturated carbocycles. The highest BCUT2D eigenvalue weighted by Crippen LogP contribution is 2.25. The highest BCUT2D eigenvalue weighted by molar-refractivity contribution is 5.33. The van der Waals surface area contributed by atoms with Crippen LogP contribution in [-0.2, 0) is 4.74 Å². The molecule has 1 aliphatic rings. The molecule has 53 heavy (non-hydrogen) atoms. The minimum atomic E-state index is 0.0533. The first-order valence-corrected chi connectivity index (χ1v) is 23.6. The van der Waals surface area contributed by atoms with Crippen molar-refractivity contribution in [3.8, 4) is 11.5 Å². The van der Waals surface area contributed by atoms with Crippen LogP contribution in [0.15, 0.2) is 24.3 Å². The van der Waals surface area contributed by atoms with E-state index in [-0.39, 0.29) is 12.5 Å². The lowest BCUT2D eigenvalue weighted by Crippen LogP contribution is -2.38. The summed E-state index contributed by atoms with van der Waals surface area (Å²) in [6.07, 6.45) is 43.2. The number of hydrogen-bond acceptors (Lipinski definition) is 5. The molecule has 0 aliphatic carbocycles. The summed E-state index contributed by atoms with van der Waals surface area (Å²) in [5, 5.41) is 0. The van der Waals surface area contributed by atoms with Crippen LogP contribution in [-0.4, -0.2) is 62.7 Å². The van der Waals surface area contributed by atoms with E-state index in [1.807, 2.05) is 0 Å². The normalized spacial score (nSPS) is 17.2. The molecule has 1 aromatic rings. The second kappa shape index (κ2) is 35.1. The second-order valence-electron chi connectivity index (χ2n) is 16.7. The molecule has 0 fully saturated rings. The Morgan fingerprint density at radius 2 is 0.755 bits per heavy atom. The van der Waals surface area contributed by atoms with Gasteiger partial charge in [0.15, 0.2) is 12.5 Å². The quantitative estimate of drug-likeness (QED) is 0.0687. The maximum atomic E-state index is 6.66. The van der Waals surface area contributed by atoms with Gasteiger partial charge in [0.1, 0.15) is 11.5 Å². The molecular formula is C48H90N2O3. The summed E-state index contributed by atoms with van der Waals surface area (Å²) in [7, 11) is 4.47. The monoisotopic (exact) mass is 743 g/mol. The van der Waals surface area contributed by atoms with E-state index in [2.05, 4.69) is 62.0 Å². The van der Waals surface area contributed by atoms with E-state index in [0.29, 0.717) is 0 Å². The van der Waals surface area contributed by atoms with Crippen molar-refractivity contribution in [1.82, 2.24) is 9.80 Å². The lowest BCUT2D eigenvalue weighted by molar-refractivity contribution is 0.0128. The van der Waals surface area contributed by atoms with Crippen LogP contribution < -0.4 is 9.47 Å². The third-order valence-electron chi connectivity index (χ3n) is 11.5. The Kier molecular flexibility index (Phi) is 31.7. The highest BCUT2D eigenvalue weighted by atomic mass is 16.5. The van der Waals surface area contributed by atoms with Crippen LogP contribution >= 0.6 is 0 Å². The fourth-order valence-electron chi connectivity index (χ4n) is 7.90. The Balaban J connectivity index is 1.66. The summed E-state index contributed by atoms with van der Waals surface area (Å²) < 4.78 is 19.4. The van der Waals surface area contributed by atoms with Crippen molar-refractivity contribution in [2.45, 2.75) is 232 Å². The van der Waals surface area contributed by atoms with Gasteiger partial charge in [-0.2, -0.15) is 0 Å². The Labute approximate surface area is 331 Å². The van der Waals surface area contributed by atoms with Crippen molar-refractivity contribution in [3.63, 3.8) is 0 Å². The van der Waals surface area contributed by atoms with Gasteiger partial charge in [0.2, 0.25) is 0 Å². The van der Waals surface area contributed by atoms with Crippen LogP contribution in [0.1, 0.15) is 219 Å². The van der Waals surface area contributed by atoms with Gasteiger partial charge in [0.25, 0.3) is 0 Å². The predicted octanol–water partition coefficient (Wildman–Crippen LogP) is 14.5. The van der Waals surface area contributed by atoms with Crippen molar-refractivity contribution in [1.29, 1.82) is 0 Å². The minimum Gasteiger partial charge on any atom is -0.475 e. The zero-order valence-corrected chi connectivity index (χ0v) is 36.0. The van der Waals surface area contributed by atoms with Crippen molar-refractivity contribution in [3.05, 3.63) is 24.3 Å². The van der Waals surface area contributed by atoms with Gasteiger partial charge in [-0.05, 0) is 51.9 Å². The molecule has 0 N–H and O–H groups in total. The second-order valence-corrected chi connectivity index (χ2v) is 16.7. The molecular weight excluding hydrogens is 653 g/mol. The molecule has 1 aliphatic heterocycles. The molecule has 0 radical (unpaired) electrons. The number of hydrogen-bond donors (Lipinski definition) is 0. The summed E-state index contributed by atoms with van der Waals surface area (Å²) in [6, 6.07) is 8.39. The summed E-state index contributed by atoms with van der Waals surface area (Å²) in [5.74, 6) is 1.82. The molecule has 5 heteroatoms. The highest BCUT2D eigenvalue weighted by Gasteiger charge is 2.20.